The van der Waals surface area contributed by atoms with Crippen molar-refractivity contribution in [2.24, 2.45) is 4.99 Å². The van der Waals surface area contributed by atoms with Gasteiger partial charge in [0.1, 0.15) is 5.71 Å². The van der Waals surface area contributed by atoms with Crippen LogP contribution >= 0.6 is 0 Å². The Kier molecular flexibility index (Phi) is 5.42. The number of carbonyl (C=O) groups is 1. The highest BCUT2D eigenvalue weighted by molar-refractivity contribution is 7.89. The Hall–Kier alpha value is -2.31. The Bertz CT molecular complexity index is 1000. The van der Waals surface area contributed by atoms with E-state index in [4.69, 9.17) is 0 Å². The predicted molar refractivity (Wildman–Crippen MR) is 109 cm³/mol. The standard InChI is InChI=1S/C22H24N2O3S/c25-21(22-20-7-3-2-6-18(20)16-23-22)13-10-17-8-11-19(12-9-17)28(26,27)24-14-4-1-5-15-24/h2-3,6-9,11-12H,1,4-5,10,13-16H2. The van der Waals surface area contributed by atoms with Crippen molar-refractivity contribution in [3.05, 3.63) is 65.2 Å². The van der Waals surface area contributed by atoms with Gasteiger partial charge in [-0.25, -0.2) is 8.42 Å². The Balaban J connectivity index is 1.39. The maximum atomic E-state index is 12.7. The lowest BCUT2D eigenvalue weighted by Crippen LogP contribution is -2.35. The maximum Gasteiger partial charge on any atom is 0.243 e. The van der Waals surface area contributed by atoms with Crippen molar-refractivity contribution in [3.8, 4) is 0 Å². The monoisotopic (exact) mass is 396 g/mol. The van der Waals surface area contributed by atoms with Gasteiger partial charge in [-0.2, -0.15) is 4.31 Å². The van der Waals surface area contributed by atoms with E-state index in [1.54, 1.807) is 16.4 Å². The molecule has 0 radical (unpaired) electrons. The van der Waals surface area contributed by atoms with Gasteiger partial charge in [-0.05, 0) is 42.5 Å². The van der Waals surface area contributed by atoms with Crippen LogP contribution in [0.1, 0.15) is 42.4 Å². The van der Waals surface area contributed by atoms with Crippen molar-refractivity contribution in [2.75, 3.05) is 13.1 Å². The highest BCUT2D eigenvalue weighted by Crippen LogP contribution is 2.22. The number of benzene rings is 2. The number of piperidine rings is 1. The molecule has 2 aromatic rings. The van der Waals surface area contributed by atoms with Gasteiger partial charge < -0.3 is 0 Å². The van der Waals surface area contributed by atoms with Crippen molar-refractivity contribution in [3.63, 3.8) is 0 Å². The van der Waals surface area contributed by atoms with E-state index in [2.05, 4.69) is 4.99 Å². The summed E-state index contributed by atoms with van der Waals surface area (Å²) in [5.74, 6) is 0.0370. The van der Waals surface area contributed by atoms with Crippen molar-refractivity contribution >= 4 is 21.5 Å². The van der Waals surface area contributed by atoms with E-state index in [9.17, 15) is 13.2 Å². The summed E-state index contributed by atoms with van der Waals surface area (Å²) in [7, 11) is -3.41. The molecule has 0 aromatic heterocycles. The van der Waals surface area contributed by atoms with Crippen molar-refractivity contribution in [1.29, 1.82) is 0 Å². The molecule has 6 heteroatoms. The highest BCUT2D eigenvalue weighted by atomic mass is 32.2. The van der Waals surface area contributed by atoms with E-state index < -0.39 is 10.0 Å². The van der Waals surface area contributed by atoms with Gasteiger partial charge in [-0.1, -0.05) is 42.8 Å². The Morgan fingerprint density at radius 3 is 2.43 bits per heavy atom. The van der Waals surface area contributed by atoms with Crippen LogP contribution in [0.2, 0.25) is 0 Å². The van der Waals surface area contributed by atoms with Crippen molar-refractivity contribution < 1.29 is 13.2 Å². The lowest BCUT2D eigenvalue weighted by atomic mass is 9.99. The fourth-order valence-electron chi connectivity index (χ4n) is 3.84. The number of hydrogen-bond acceptors (Lipinski definition) is 4. The van der Waals surface area contributed by atoms with Gasteiger partial charge in [0.15, 0.2) is 5.78 Å². The molecule has 146 valence electrons. The minimum atomic E-state index is -3.41. The molecule has 0 amide bonds. The van der Waals surface area contributed by atoms with Gasteiger partial charge in [0.05, 0.1) is 11.4 Å². The molecule has 1 fully saturated rings. The van der Waals surface area contributed by atoms with Crippen molar-refractivity contribution in [1.82, 2.24) is 4.31 Å². The largest absolute Gasteiger partial charge is 0.292 e. The van der Waals surface area contributed by atoms with Gasteiger partial charge in [-0.15, -0.1) is 0 Å². The zero-order valence-corrected chi connectivity index (χ0v) is 16.6. The number of aliphatic imine (C=N–C) groups is 1. The summed E-state index contributed by atoms with van der Waals surface area (Å²) in [5.41, 5.74) is 3.56. The summed E-state index contributed by atoms with van der Waals surface area (Å²) < 4.78 is 27.0. The molecule has 2 aromatic carbocycles. The first-order chi connectivity index (χ1) is 13.6. The SMILES string of the molecule is O=C(CCc1ccc(S(=O)(=O)N2CCCCC2)cc1)C1=NCc2ccccc21. The molecule has 2 aliphatic heterocycles. The summed E-state index contributed by atoms with van der Waals surface area (Å²) in [6, 6.07) is 14.8. The molecule has 4 rings (SSSR count). The van der Waals surface area contributed by atoms with E-state index in [0.717, 1.165) is 36.0 Å². The fraction of sp³-hybridized carbons (Fsp3) is 0.364. The number of hydrogen-bond donors (Lipinski definition) is 0. The second-order valence-corrected chi connectivity index (χ2v) is 9.29. The van der Waals surface area contributed by atoms with Crippen molar-refractivity contribution in [2.45, 2.75) is 43.5 Å². The number of ketones is 1. The minimum Gasteiger partial charge on any atom is -0.292 e. The van der Waals surface area contributed by atoms with Crippen LogP contribution in [0.25, 0.3) is 0 Å². The minimum absolute atomic E-state index is 0.0370. The number of fused-ring (bicyclic) bond motifs is 1. The van der Waals surface area contributed by atoms with Gasteiger partial charge in [0.2, 0.25) is 10.0 Å². The van der Waals surface area contributed by atoms with Crippen LogP contribution in [0.3, 0.4) is 0 Å². The van der Waals surface area contributed by atoms with Gasteiger partial charge in [-0.3, -0.25) is 9.79 Å². The molecule has 0 unspecified atom stereocenters. The third-order valence-electron chi connectivity index (χ3n) is 5.46. The average molecular weight is 397 g/mol. The first-order valence-corrected chi connectivity index (χ1v) is 11.2. The van der Waals surface area contributed by atoms with E-state index in [1.807, 2.05) is 36.4 Å². The first kappa shape index (κ1) is 19.0. The molecule has 0 aliphatic carbocycles. The topological polar surface area (TPSA) is 66.8 Å². The van der Waals surface area contributed by atoms with Gasteiger partial charge in [0.25, 0.3) is 0 Å². The Labute approximate surface area is 166 Å². The number of nitrogens with zero attached hydrogens (tertiary/aromatic N) is 2. The summed E-state index contributed by atoms with van der Waals surface area (Å²) in [5, 5.41) is 0. The third-order valence-corrected chi connectivity index (χ3v) is 7.37. The quantitative estimate of drug-likeness (QED) is 0.752. The molecule has 28 heavy (non-hydrogen) atoms. The molecule has 0 N–H and O–H groups in total. The second kappa shape index (κ2) is 7.97. The molecule has 2 heterocycles. The molecular weight excluding hydrogens is 372 g/mol. The molecule has 0 spiro atoms. The molecule has 2 aliphatic rings. The summed E-state index contributed by atoms with van der Waals surface area (Å²) in [4.78, 5) is 17.3. The fourth-order valence-corrected chi connectivity index (χ4v) is 5.35. The summed E-state index contributed by atoms with van der Waals surface area (Å²) >= 11 is 0. The summed E-state index contributed by atoms with van der Waals surface area (Å²) in [6.45, 7) is 1.77. The van der Waals surface area contributed by atoms with Gasteiger partial charge in [0, 0.05) is 25.1 Å². The van der Waals surface area contributed by atoms with Crippen LogP contribution in [0, 0.1) is 0 Å². The number of aryl methyl sites for hydroxylation is 1. The van der Waals surface area contributed by atoms with Crippen LogP contribution < -0.4 is 0 Å². The van der Waals surface area contributed by atoms with Crippen LogP contribution in [0.4, 0.5) is 0 Å². The second-order valence-electron chi connectivity index (χ2n) is 7.35. The third kappa shape index (κ3) is 3.80. The predicted octanol–water partition coefficient (Wildman–Crippen LogP) is 3.37. The lowest BCUT2D eigenvalue weighted by Gasteiger charge is -2.25. The van der Waals surface area contributed by atoms with Crippen LogP contribution in [-0.4, -0.2) is 37.3 Å². The normalized spacial score (nSPS) is 17.2. The number of sulfonamides is 1. The van der Waals surface area contributed by atoms with Crippen LogP contribution in [0.5, 0.6) is 0 Å². The molecule has 0 saturated carbocycles. The maximum absolute atomic E-state index is 12.7. The van der Waals surface area contributed by atoms with E-state index in [0.29, 0.717) is 43.1 Å². The average Bonchev–Trinajstić information content (AvgIpc) is 3.17. The van der Waals surface area contributed by atoms with E-state index in [1.165, 1.54) is 0 Å². The van der Waals surface area contributed by atoms with E-state index in [-0.39, 0.29) is 5.78 Å². The molecule has 0 bridgehead atoms. The van der Waals surface area contributed by atoms with Gasteiger partial charge >= 0.3 is 0 Å². The zero-order chi connectivity index (χ0) is 19.6. The van der Waals surface area contributed by atoms with Crippen LogP contribution in [-0.2, 0) is 27.8 Å². The number of carbonyl (C=O) groups excluding carboxylic acids is 1. The number of rotatable bonds is 6. The first-order valence-electron chi connectivity index (χ1n) is 9.81. The highest BCUT2D eigenvalue weighted by Gasteiger charge is 2.26. The Morgan fingerprint density at radius 2 is 1.68 bits per heavy atom. The Morgan fingerprint density at radius 1 is 0.964 bits per heavy atom. The summed E-state index contributed by atoms with van der Waals surface area (Å²) in [6.07, 6.45) is 3.88. The molecular formula is C22H24N2O3S. The smallest absolute Gasteiger partial charge is 0.243 e. The molecule has 5 nitrogen and oxygen atoms in total. The number of Topliss-reactive ketones (excluding diaryl/α,β-unsaturated/α-hetero) is 1. The molecule has 0 atom stereocenters. The lowest BCUT2D eigenvalue weighted by molar-refractivity contribution is -0.112. The zero-order valence-electron chi connectivity index (χ0n) is 15.8. The molecule has 1 saturated heterocycles. The van der Waals surface area contributed by atoms with E-state index >= 15 is 0 Å². The van der Waals surface area contributed by atoms with Crippen LogP contribution in [0.15, 0.2) is 58.4 Å².